The van der Waals surface area contributed by atoms with Crippen LogP contribution in [0.1, 0.15) is 10.8 Å². The van der Waals surface area contributed by atoms with Crippen LogP contribution in [0.5, 0.6) is 5.75 Å². The zero-order valence-electron chi connectivity index (χ0n) is 9.48. The molecule has 0 unspecified atom stereocenters. The highest BCUT2D eigenvalue weighted by Crippen LogP contribution is 2.15. The number of hydrogen-bond donors (Lipinski definition) is 1. The highest BCUT2D eigenvalue weighted by atomic mass is 32.1. The highest BCUT2D eigenvalue weighted by Gasteiger charge is 2.11. The first-order valence-corrected chi connectivity index (χ1v) is 6.26. The smallest absolute Gasteiger partial charge is 0.234 e. The second-order valence-electron chi connectivity index (χ2n) is 3.61. The fraction of sp³-hybridized carbons (Fsp3) is 0.182. The molecule has 2 N–H and O–H groups in total. The molecule has 6 nitrogen and oxygen atoms in total. The summed E-state index contributed by atoms with van der Waals surface area (Å²) >= 11 is 1.44. The Hall–Kier alpha value is -1.99. The van der Waals surface area contributed by atoms with Crippen molar-refractivity contribution < 1.29 is 4.74 Å². The second-order valence-corrected chi connectivity index (χ2v) is 4.65. The molecule has 0 spiro atoms. The van der Waals surface area contributed by atoms with Crippen molar-refractivity contribution in [1.82, 2.24) is 19.8 Å². The molecule has 0 bridgehead atoms. The summed E-state index contributed by atoms with van der Waals surface area (Å²) in [5.74, 6) is 1.47. The normalized spacial score (nSPS) is 10.9. The van der Waals surface area contributed by atoms with E-state index in [0.29, 0.717) is 19.0 Å². The summed E-state index contributed by atoms with van der Waals surface area (Å²) in [6.07, 6.45) is 0. The van der Waals surface area contributed by atoms with Crippen LogP contribution in [-0.2, 0) is 13.2 Å². The molecule has 7 heteroatoms. The standard InChI is InChI=1S/C11H11N5OS/c12-6-10-15-16-9(13-14-11(16)18-10)7-17-8-4-2-1-3-5-8/h1-5H,6-7,12H2. The van der Waals surface area contributed by atoms with E-state index in [-0.39, 0.29) is 0 Å². The summed E-state index contributed by atoms with van der Waals surface area (Å²) in [6, 6.07) is 9.57. The van der Waals surface area contributed by atoms with Crippen LogP contribution in [0.2, 0.25) is 0 Å². The van der Waals surface area contributed by atoms with E-state index in [1.807, 2.05) is 30.3 Å². The van der Waals surface area contributed by atoms with Gasteiger partial charge in [0.25, 0.3) is 0 Å². The van der Waals surface area contributed by atoms with Crippen molar-refractivity contribution in [2.75, 3.05) is 0 Å². The van der Waals surface area contributed by atoms with Crippen molar-refractivity contribution in [2.24, 2.45) is 5.73 Å². The Kier molecular flexibility index (Phi) is 2.91. The van der Waals surface area contributed by atoms with Crippen LogP contribution >= 0.6 is 11.3 Å². The number of rotatable bonds is 4. The lowest BCUT2D eigenvalue weighted by molar-refractivity contribution is 0.292. The van der Waals surface area contributed by atoms with Crippen molar-refractivity contribution >= 4 is 16.3 Å². The molecule has 18 heavy (non-hydrogen) atoms. The van der Waals surface area contributed by atoms with Crippen LogP contribution in [0.25, 0.3) is 4.96 Å². The van der Waals surface area contributed by atoms with Gasteiger partial charge in [0.2, 0.25) is 4.96 Å². The Balaban J connectivity index is 1.80. The van der Waals surface area contributed by atoms with Gasteiger partial charge in [0.05, 0.1) is 0 Å². The molecule has 1 aromatic carbocycles. The van der Waals surface area contributed by atoms with Crippen LogP contribution in [0.4, 0.5) is 0 Å². The van der Waals surface area contributed by atoms with Gasteiger partial charge in [0.1, 0.15) is 17.4 Å². The Bertz CT molecular complexity index is 648. The van der Waals surface area contributed by atoms with Crippen LogP contribution < -0.4 is 10.5 Å². The van der Waals surface area contributed by atoms with E-state index in [1.54, 1.807) is 4.52 Å². The van der Waals surface area contributed by atoms with Gasteiger partial charge in [-0.15, -0.1) is 10.2 Å². The molecule has 0 aliphatic heterocycles. The topological polar surface area (TPSA) is 78.3 Å². The van der Waals surface area contributed by atoms with Gasteiger partial charge in [0, 0.05) is 6.54 Å². The number of nitrogens with two attached hydrogens (primary N) is 1. The monoisotopic (exact) mass is 261 g/mol. The molecule has 0 fully saturated rings. The van der Waals surface area contributed by atoms with Gasteiger partial charge in [0.15, 0.2) is 5.82 Å². The largest absolute Gasteiger partial charge is 0.486 e. The van der Waals surface area contributed by atoms with Gasteiger partial charge in [-0.2, -0.15) is 9.61 Å². The molecule has 2 heterocycles. The minimum absolute atomic E-state index is 0.332. The molecule has 0 aliphatic carbocycles. The van der Waals surface area contributed by atoms with Gasteiger partial charge < -0.3 is 10.5 Å². The fourth-order valence-corrected chi connectivity index (χ4v) is 2.27. The number of benzene rings is 1. The summed E-state index contributed by atoms with van der Waals surface area (Å²) in [6.45, 7) is 0.742. The van der Waals surface area contributed by atoms with Gasteiger partial charge >= 0.3 is 0 Å². The first-order chi connectivity index (χ1) is 8.86. The minimum atomic E-state index is 0.332. The summed E-state index contributed by atoms with van der Waals surface area (Å²) in [5.41, 5.74) is 5.54. The number of ether oxygens (including phenoxy) is 1. The quantitative estimate of drug-likeness (QED) is 0.764. The van der Waals surface area contributed by atoms with E-state index in [2.05, 4.69) is 15.3 Å². The van der Waals surface area contributed by atoms with Crippen molar-refractivity contribution in [3.63, 3.8) is 0 Å². The van der Waals surface area contributed by atoms with Crippen LogP contribution in [0.15, 0.2) is 30.3 Å². The number of fused-ring (bicyclic) bond motifs is 1. The summed E-state index contributed by atoms with van der Waals surface area (Å²) in [4.78, 5) is 0.738. The maximum atomic E-state index is 5.61. The third-order valence-corrected chi connectivity index (χ3v) is 3.30. The highest BCUT2D eigenvalue weighted by molar-refractivity contribution is 7.16. The van der Waals surface area contributed by atoms with Crippen LogP contribution in [-0.4, -0.2) is 19.8 Å². The minimum Gasteiger partial charge on any atom is -0.486 e. The summed E-state index contributed by atoms with van der Waals surface area (Å²) in [7, 11) is 0. The van der Waals surface area contributed by atoms with Crippen molar-refractivity contribution in [3.8, 4) is 5.75 Å². The Labute approximate surface area is 107 Å². The van der Waals surface area contributed by atoms with Crippen molar-refractivity contribution in [3.05, 3.63) is 41.2 Å². The van der Waals surface area contributed by atoms with E-state index >= 15 is 0 Å². The lowest BCUT2D eigenvalue weighted by Gasteiger charge is -2.02. The zero-order valence-corrected chi connectivity index (χ0v) is 10.3. The van der Waals surface area contributed by atoms with Crippen LogP contribution in [0.3, 0.4) is 0 Å². The molecule has 0 radical (unpaired) electrons. The molecule has 2 aromatic heterocycles. The Morgan fingerprint density at radius 3 is 2.83 bits per heavy atom. The first-order valence-electron chi connectivity index (χ1n) is 5.45. The molecule has 3 aromatic rings. The van der Waals surface area contributed by atoms with Crippen LogP contribution in [0, 0.1) is 0 Å². The SMILES string of the molecule is NCc1nn2c(COc3ccccc3)nnc2s1. The molecule has 0 aliphatic rings. The van der Waals surface area contributed by atoms with Gasteiger partial charge in [-0.25, -0.2) is 0 Å². The maximum Gasteiger partial charge on any atom is 0.234 e. The molecule has 0 atom stereocenters. The predicted molar refractivity (Wildman–Crippen MR) is 67.3 cm³/mol. The molecule has 0 saturated carbocycles. The number of para-hydroxylation sites is 1. The first kappa shape index (κ1) is 11.1. The lowest BCUT2D eigenvalue weighted by Crippen LogP contribution is -2.03. The molecule has 0 amide bonds. The fourth-order valence-electron chi connectivity index (χ4n) is 1.53. The van der Waals surface area contributed by atoms with Gasteiger partial charge in [-0.1, -0.05) is 29.5 Å². The zero-order chi connectivity index (χ0) is 12.4. The number of nitrogens with zero attached hydrogens (tertiary/aromatic N) is 4. The maximum absolute atomic E-state index is 5.61. The molecular formula is C11H11N5OS. The number of hydrogen-bond acceptors (Lipinski definition) is 6. The third kappa shape index (κ3) is 2.05. The Morgan fingerprint density at radius 2 is 2.06 bits per heavy atom. The van der Waals surface area contributed by atoms with E-state index in [1.165, 1.54) is 11.3 Å². The van der Waals surface area contributed by atoms with E-state index in [4.69, 9.17) is 10.5 Å². The summed E-state index contributed by atoms with van der Waals surface area (Å²) < 4.78 is 7.29. The van der Waals surface area contributed by atoms with E-state index in [0.717, 1.165) is 15.7 Å². The average molecular weight is 261 g/mol. The molecule has 92 valence electrons. The summed E-state index contributed by atoms with van der Waals surface area (Å²) in [5, 5.41) is 13.2. The van der Waals surface area contributed by atoms with Crippen molar-refractivity contribution in [1.29, 1.82) is 0 Å². The van der Waals surface area contributed by atoms with Gasteiger partial charge in [-0.05, 0) is 12.1 Å². The second kappa shape index (κ2) is 4.71. The Morgan fingerprint density at radius 1 is 1.22 bits per heavy atom. The lowest BCUT2D eigenvalue weighted by atomic mass is 10.3. The molecular weight excluding hydrogens is 250 g/mol. The average Bonchev–Trinajstić information content (AvgIpc) is 2.97. The predicted octanol–water partition coefficient (Wildman–Crippen LogP) is 1.22. The van der Waals surface area contributed by atoms with Crippen molar-refractivity contribution in [2.45, 2.75) is 13.2 Å². The van der Waals surface area contributed by atoms with Gasteiger partial charge in [-0.3, -0.25) is 0 Å². The van der Waals surface area contributed by atoms with E-state index in [9.17, 15) is 0 Å². The molecule has 0 saturated heterocycles. The van der Waals surface area contributed by atoms with E-state index < -0.39 is 0 Å². The number of aromatic nitrogens is 4. The molecule has 3 rings (SSSR count). The third-order valence-electron chi connectivity index (χ3n) is 2.38.